The number of amides is 2. The molecule has 3 rings (SSSR count). The fraction of sp³-hybridized carbons (Fsp3) is 0.421. The topological polar surface area (TPSA) is 66.5 Å². The van der Waals surface area contributed by atoms with Crippen molar-refractivity contribution in [2.24, 2.45) is 0 Å². The number of nitrogens with one attached hydrogen (secondary N) is 1. The van der Waals surface area contributed by atoms with Gasteiger partial charge in [0, 0.05) is 37.2 Å². The van der Waals surface area contributed by atoms with Crippen molar-refractivity contribution in [1.29, 1.82) is 0 Å². The van der Waals surface area contributed by atoms with E-state index < -0.39 is 0 Å². The lowest BCUT2D eigenvalue weighted by molar-refractivity contribution is -0.133. The van der Waals surface area contributed by atoms with Gasteiger partial charge in [0.15, 0.2) is 5.78 Å². The van der Waals surface area contributed by atoms with Crippen molar-refractivity contribution in [2.75, 3.05) is 13.1 Å². The largest absolute Gasteiger partial charge is 0.356 e. The minimum atomic E-state index is -0.186. The molecule has 138 valence electrons. The van der Waals surface area contributed by atoms with Crippen molar-refractivity contribution in [3.63, 3.8) is 0 Å². The molecule has 2 aromatic rings. The van der Waals surface area contributed by atoms with E-state index >= 15 is 0 Å². The molecule has 0 aromatic carbocycles. The van der Waals surface area contributed by atoms with Crippen molar-refractivity contribution in [2.45, 2.75) is 38.6 Å². The summed E-state index contributed by atoms with van der Waals surface area (Å²) in [6.45, 7) is 3.10. The van der Waals surface area contributed by atoms with E-state index in [1.165, 1.54) is 21.8 Å². The minimum Gasteiger partial charge on any atom is -0.356 e. The monoisotopic (exact) mass is 390 g/mol. The molecular weight excluding hydrogens is 368 g/mol. The van der Waals surface area contributed by atoms with Crippen LogP contribution in [-0.4, -0.2) is 35.6 Å². The van der Waals surface area contributed by atoms with Gasteiger partial charge < -0.3 is 10.2 Å². The second-order valence-corrected chi connectivity index (χ2v) is 8.26. The summed E-state index contributed by atoms with van der Waals surface area (Å²) in [5.74, 6) is -0.140. The van der Waals surface area contributed by atoms with Gasteiger partial charge in [-0.15, -0.1) is 22.7 Å². The maximum atomic E-state index is 12.5. The first-order valence-electron chi connectivity index (χ1n) is 8.75. The van der Waals surface area contributed by atoms with Crippen LogP contribution in [0.4, 0.5) is 0 Å². The van der Waals surface area contributed by atoms with Gasteiger partial charge in [-0.05, 0) is 41.8 Å². The number of Topliss-reactive ketones (excluding diaryl/α,β-unsaturated/α-hetero) is 1. The van der Waals surface area contributed by atoms with Crippen molar-refractivity contribution in [1.82, 2.24) is 10.2 Å². The first kappa shape index (κ1) is 18.8. The van der Waals surface area contributed by atoms with Gasteiger partial charge >= 0.3 is 0 Å². The second kappa shape index (κ2) is 8.60. The van der Waals surface area contributed by atoms with Crippen LogP contribution in [-0.2, 0) is 16.0 Å². The Hall–Kier alpha value is -1.99. The highest BCUT2D eigenvalue weighted by molar-refractivity contribution is 7.12. The number of hydrogen-bond acceptors (Lipinski definition) is 5. The van der Waals surface area contributed by atoms with Crippen LogP contribution >= 0.6 is 22.7 Å². The molecule has 5 nitrogen and oxygen atoms in total. The molecule has 0 aliphatic carbocycles. The van der Waals surface area contributed by atoms with Gasteiger partial charge in [0.25, 0.3) is 0 Å². The van der Waals surface area contributed by atoms with E-state index in [0.717, 1.165) is 13.0 Å². The van der Waals surface area contributed by atoms with Gasteiger partial charge in [0.1, 0.15) is 0 Å². The zero-order valence-electron chi connectivity index (χ0n) is 14.7. The molecule has 1 atom stereocenters. The summed E-state index contributed by atoms with van der Waals surface area (Å²) in [5, 5.41) is 6.67. The lowest BCUT2D eigenvalue weighted by atomic mass is 10.0. The second-order valence-electron chi connectivity index (χ2n) is 6.31. The fourth-order valence-electron chi connectivity index (χ4n) is 3.18. The molecule has 0 saturated heterocycles. The SMILES string of the molecule is C[C@@H]1c2ccsc2CCN1C(=O)CCNC(=O)CCC(=O)c1cccs1. The zero-order valence-corrected chi connectivity index (χ0v) is 16.3. The van der Waals surface area contributed by atoms with E-state index in [1.807, 2.05) is 16.3 Å². The molecule has 1 aliphatic heterocycles. The maximum Gasteiger partial charge on any atom is 0.224 e. The third kappa shape index (κ3) is 4.40. The van der Waals surface area contributed by atoms with E-state index in [-0.39, 0.29) is 42.9 Å². The molecule has 0 radical (unpaired) electrons. The van der Waals surface area contributed by atoms with E-state index in [0.29, 0.717) is 11.4 Å². The molecule has 1 aliphatic rings. The van der Waals surface area contributed by atoms with E-state index in [1.54, 1.807) is 17.4 Å². The highest BCUT2D eigenvalue weighted by Gasteiger charge is 2.27. The van der Waals surface area contributed by atoms with Gasteiger partial charge in [-0.1, -0.05) is 6.07 Å². The Balaban J connectivity index is 1.38. The highest BCUT2D eigenvalue weighted by Crippen LogP contribution is 2.32. The van der Waals surface area contributed by atoms with Crippen LogP contribution in [0.5, 0.6) is 0 Å². The Kier molecular flexibility index (Phi) is 6.21. The maximum absolute atomic E-state index is 12.5. The van der Waals surface area contributed by atoms with Gasteiger partial charge in [-0.2, -0.15) is 0 Å². The van der Waals surface area contributed by atoms with Crippen LogP contribution < -0.4 is 5.32 Å². The third-order valence-corrected chi connectivity index (χ3v) is 6.54. The summed E-state index contributed by atoms with van der Waals surface area (Å²) in [5.41, 5.74) is 1.24. The number of thiophene rings is 2. The minimum absolute atomic E-state index is 0.0139. The lowest BCUT2D eigenvalue weighted by Gasteiger charge is -2.33. The van der Waals surface area contributed by atoms with E-state index in [9.17, 15) is 14.4 Å². The molecule has 2 amide bonds. The quantitative estimate of drug-likeness (QED) is 0.737. The lowest BCUT2D eigenvalue weighted by Crippen LogP contribution is -2.40. The van der Waals surface area contributed by atoms with Crippen LogP contribution in [0.2, 0.25) is 0 Å². The van der Waals surface area contributed by atoms with Crippen LogP contribution in [0.1, 0.15) is 52.3 Å². The Morgan fingerprint density at radius 2 is 2.00 bits per heavy atom. The molecule has 1 N–H and O–H groups in total. The first-order chi connectivity index (χ1) is 12.6. The number of rotatable bonds is 7. The summed E-state index contributed by atoms with van der Waals surface area (Å²) in [6.07, 6.45) is 1.54. The molecule has 0 spiro atoms. The Bertz CT molecular complexity index is 783. The highest BCUT2D eigenvalue weighted by atomic mass is 32.1. The molecule has 26 heavy (non-hydrogen) atoms. The van der Waals surface area contributed by atoms with Crippen molar-refractivity contribution >= 4 is 40.3 Å². The van der Waals surface area contributed by atoms with Crippen LogP contribution in [0.3, 0.4) is 0 Å². The molecule has 7 heteroatoms. The Morgan fingerprint density at radius 1 is 1.15 bits per heavy atom. The summed E-state index contributed by atoms with van der Waals surface area (Å²) < 4.78 is 0. The van der Waals surface area contributed by atoms with Gasteiger partial charge in [-0.25, -0.2) is 0 Å². The van der Waals surface area contributed by atoms with E-state index in [2.05, 4.69) is 23.7 Å². The molecule has 0 saturated carbocycles. The molecule has 0 unspecified atom stereocenters. The Morgan fingerprint density at radius 3 is 2.77 bits per heavy atom. The van der Waals surface area contributed by atoms with Crippen molar-refractivity contribution in [3.05, 3.63) is 44.3 Å². The molecular formula is C19H22N2O3S2. The molecule has 0 bridgehead atoms. The zero-order chi connectivity index (χ0) is 18.5. The molecule has 2 aromatic heterocycles. The van der Waals surface area contributed by atoms with Gasteiger partial charge in [-0.3, -0.25) is 14.4 Å². The van der Waals surface area contributed by atoms with Crippen LogP contribution in [0.15, 0.2) is 29.0 Å². The first-order valence-corrected chi connectivity index (χ1v) is 10.5. The number of hydrogen-bond donors (Lipinski definition) is 1. The summed E-state index contributed by atoms with van der Waals surface area (Å²) in [6, 6.07) is 5.78. The average molecular weight is 391 g/mol. The number of carbonyl (C=O) groups excluding carboxylic acids is 3. The molecule has 3 heterocycles. The predicted octanol–water partition coefficient (Wildman–Crippen LogP) is 3.42. The smallest absolute Gasteiger partial charge is 0.224 e. The van der Waals surface area contributed by atoms with E-state index in [4.69, 9.17) is 0 Å². The van der Waals surface area contributed by atoms with Gasteiger partial charge in [0.05, 0.1) is 10.9 Å². The summed E-state index contributed by atoms with van der Waals surface area (Å²) in [7, 11) is 0. The van der Waals surface area contributed by atoms with Crippen LogP contribution in [0, 0.1) is 0 Å². The predicted molar refractivity (Wildman–Crippen MR) is 104 cm³/mol. The summed E-state index contributed by atoms with van der Waals surface area (Å²) >= 11 is 3.14. The normalized spacial score (nSPS) is 16.2. The van der Waals surface area contributed by atoms with Gasteiger partial charge in [0.2, 0.25) is 11.8 Å². The summed E-state index contributed by atoms with van der Waals surface area (Å²) in [4.78, 5) is 40.2. The third-order valence-electron chi connectivity index (χ3n) is 4.63. The number of ketones is 1. The van der Waals surface area contributed by atoms with Crippen molar-refractivity contribution in [3.8, 4) is 0 Å². The number of carbonyl (C=O) groups is 3. The standard InChI is InChI=1S/C19H22N2O3S2/c1-13-14-8-12-26-16(14)7-10-21(13)19(24)6-9-20-18(23)5-4-15(22)17-3-2-11-25-17/h2-3,8,11-13H,4-7,9-10H2,1H3,(H,20,23)/t13-/m1/s1. The fourth-order valence-corrected chi connectivity index (χ4v) is 4.84. The van der Waals surface area contributed by atoms with Crippen molar-refractivity contribution < 1.29 is 14.4 Å². The van der Waals surface area contributed by atoms with Crippen LogP contribution in [0.25, 0.3) is 0 Å². The molecule has 0 fully saturated rings. The Labute approximate surface area is 161 Å². The average Bonchev–Trinajstić information content (AvgIpc) is 3.31. The number of nitrogens with zero attached hydrogens (tertiary/aromatic N) is 1. The number of fused-ring (bicyclic) bond motifs is 1.